The highest BCUT2D eigenvalue weighted by Gasteiger charge is 2.31. The minimum atomic E-state index is -0.331. The molecular formula is C20H17NO5S. The number of thioether (sulfide) groups is 1. The Labute approximate surface area is 160 Å². The molecule has 0 spiro atoms. The van der Waals surface area contributed by atoms with E-state index >= 15 is 0 Å². The van der Waals surface area contributed by atoms with Gasteiger partial charge >= 0.3 is 5.97 Å². The fourth-order valence-corrected chi connectivity index (χ4v) is 3.57. The summed E-state index contributed by atoms with van der Waals surface area (Å²) < 4.78 is 4.54. The quantitative estimate of drug-likeness (QED) is 0.520. The first-order valence-electron chi connectivity index (χ1n) is 8.28. The molecule has 1 aliphatic rings. The molecule has 6 nitrogen and oxygen atoms in total. The summed E-state index contributed by atoms with van der Waals surface area (Å²) in [5.41, 5.74) is 1.53. The lowest BCUT2D eigenvalue weighted by molar-refractivity contribution is -0.140. The number of rotatable bonds is 6. The van der Waals surface area contributed by atoms with Crippen LogP contribution in [-0.2, 0) is 14.3 Å². The molecule has 0 aromatic heterocycles. The molecule has 2 aromatic carbocycles. The van der Waals surface area contributed by atoms with Crippen LogP contribution in [0.3, 0.4) is 0 Å². The van der Waals surface area contributed by atoms with Gasteiger partial charge in [0, 0.05) is 22.4 Å². The first-order valence-corrected chi connectivity index (χ1v) is 9.44. The summed E-state index contributed by atoms with van der Waals surface area (Å²) in [7, 11) is 1.31. The van der Waals surface area contributed by atoms with E-state index in [4.69, 9.17) is 0 Å². The second-order valence-corrected chi connectivity index (χ2v) is 6.96. The lowest BCUT2D eigenvalue weighted by atomic mass is 9.83. The highest BCUT2D eigenvalue weighted by Crippen LogP contribution is 2.31. The smallest absolute Gasteiger partial charge is 0.306 e. The SMILES string of the molecule is COC(=O)CCSCC(=O)Nc1cccc2c1C(=O)c1ccccc1C2=O. The van der Waals surface area contributed by atoms with Gasteiger partial charge in [-0.2, -0.15) is 11.8 Å². The fourth-order valence-electron chi connectivity index (χ4n) is 2.86. The Hall–Kier alpha value is -2.93. The first kappa shape index (κ1) is 18.8. The van der Waals surface area contributed by atoms with Crippen LogP contribution in [0.5, 0.6) is 0 Å². The van der Waals surface area contributed by atoms with Crippen molar-refractivity contribution in [1.82, 2.24) is 0 Å². The molecule has 2 aromatic rings. The average molecular weight is 383 g/mol. The van der Waals surface area contributed by atoms with Gasteiger partial charge < -0.3 is 10.1 Å². The van der Waals surface area contributed by atoms with Gasteiger partial charge in [0.2, 0.25) is 5.91 Å². The summed E-state index contributed by atoms with van der Waals surface area (Å²) >= 11 is 1.29. The summed E-state index contributed by atoms with van der Waals surface area (Å²) in [6, 6.07) is 11.5. The molecule has 1 aliphatic carbocycles. The molecule has 0 fully saturated rings. The molecular weight excluding hydrogens is 366 g/mol. The van der Waals surface area contributed by atoms with Crippen LogP contribution in [0, 0.1) is 0 Å². The number of nitrogens with one attached hydrogen (secondary N) is 1. The highest BCUT2D eigenvalue weighted by atomic mass is 32.2. The van der Waals surface area contributed by atoms with Crippen molar-refractivity contribution in [3.63, 3.8) is 0 Å². The van der Waals surface area contributed by atoms with E-state index in [1.165, 1.54) is 18.9 Å². The Morgan fingerprint density at radius 1 is 0.963 bits per heavy atom. The van der Waals surface area contributed by atoms with Crippen LogP contribution in [0.1, 0.15) is 38.3 Å². The van der Waals surface area contributed by atoms with Crippen LogP contribution in [0.2, 0.25) is 0 Å². The summed E-state index contributed by atoms with van der Waals surface area (Å²) in [5.74, 6) is -0.574. The maximum Gasteiger partial charge on any atom is 0.306 e. The number of ether oxygens (including phenoxy) is 1. The van der Waals surface area contributed by atoms with Gasteiger partial charge in [-0.25, -0.2) is 0 Å². The van der Waals surface area contributed by atoms with E-state index in [0.717, 1.165) is 0 Å². The van der Waals surface area contributed by atoms with Crippen molar-refractivity contribution in [3.05, 3.63) is 64.7 Å². The molecule has 0 aliphatic heterocycles. The van der Waals surface area contributed by atoms with Gasteiger partial charge in [0.15, 0.2) is 11.6 Å². The average Bonchev–Trinajstić information content (AvgIpc) is 2.69. The highest BCUT2D eigenvalue weighted by molar-refractivity contribution is 7.99. The van der Waals surface area contributed by atoms with E-state index in [9.17, 15) is 19.2 Å². The van der Waals surface area contributed by atoms with E-state index in [2.05, 4.69) is 10.1 Å². The van der Waals surface area contributed by atoms with Gasteiger partial charge in [-0.1, -0.05) is 36.4 Å². The molecule has 0 bridgehead atoms. The van der Waals surface area contributed by atoms with Crippen LogP contribution in [0.4, 0.5) is 5.69 Å². The zero-order valence-electron chi connectivity index (χ0n) is 14.6. The van der Waals surface area contributed by atoms with Crippen molar-refractivity contribution >= 4 is 40.9 Å². The van der Waals surface area contributed by atoms with Crippen molar-refractivity contribution < 1.29 is 23.9 Å². The van der Waals surface area contributed by atoms with E-state index in [1.54, 1.807) is 42.5 Å². The number of carbonyl (C=O) groups excluding carboxylic acids is 4. The van der Waals surface area contributed by atoms with Gasteiger partial charge in [-0.3, -0.25) is 19.2 Å². The van der Waals surface area contributed by atoms with Crippen molar-refractivity contribution in [3.8, 4) is 0 Å². The molecule has 0 saturated heterocycles. The molecule has 0 radical (unpaired) electrons. The molecule has 0 saturated carbocycles. The summed E-state index contributed by atoms with van der Waals surface area (Å²) in [4.78, 5) is 48.8. The lowest BCUT2D eigenvalue weighted by Crippen LogP contribution is -2.24. The predicted octanol–water partition coefficient (Wildman–Crippen LogP) is 2.70. The molecule has 0 heterocycles. The van der Waals surface area contributed by atoms with Crippen LogP contribution >= 0.6 is 11.8 Å². The predicted molar refractivity (Wildman–Crippen MR) is 102 cm³/mol. The summed E-state index contributed by atoms with van der Waals surface area (Å²) in [5, 5.41) is 2.70. The minimum absolute atomic E-state index is 0.124. The largest absolute Gasteiger partial charge is 0.469 e. The van der Waals surface area contributed by atoms with Crippen LogP contribution in [0.25, 0.3) is 0 Å². The number of ketones is 2. The van der Waals surface area contributed by atoms with Crippen LogP contribution < -0.4 is 5.32 Å². The molecule has 1 amide bonds. The van der Waals surface area contributed by atoms with E-state index in [0.29, 0.717) is 22.6 Å². The number of fused-ring (bicyclic) bond motifs is 2. The number of methoxy groups -OCH3 is 1. The van der Waals surface area contributed by atoms with Gasteiger partial charge in [-0.05, 0) is 6.07 Å². The third-order valence-electron chi connectivity index (χ3n) is 4.14. The van der Waals surface area contributed by atoms with Crippen LogP contribution in [-0.4, -0.2) is 42.1 Å². The number of carbonyl (C=O) groups is 4. The Kier molecular flexibility index (Phi) is 5.71. The van der Waals surface area contributed by atoms with Crippen molar-refractivity contribution in [2.45, 2.75) is 6.42 Å². The summed E-state index contributed by atoms with van der Waals surface area (Å²) in [6.45, 7) is 0. The normalized spacial score (nSPS) is 12.2. The van der Waals surface area contributed by atoms with Crippen molar-refractivity contribution in [2.24, 2.45) is 0 Å². The molecule has 27 heavy (non-hydrogen) atoms. The second kappa shape index (κ2) is 8.18. The zero-order chi connectivity index (χ0) is 19.4. The lowest BCUT2D eigenvalue weighted by Gasteiger charge is -2.20. The number of anilines is 1. The Morgan fingerprint density at radius 2 is 1.63 bits per heavy atom. The van der Waals surface area contributed by atoms with Gasteiger partial charge in [0.05, 0.1) is 30.5 Å². The summed E-state index contributed by atoms with van der Waals surface area (Å²) in [6.07, 6.45) is 0.221. The van der Waals surface area contributed by atoms with E-state index in [-0.39, 0.29) is 46.7 Å². The second-order valence-electron chi connectivity index (χ2n) is 5.86. The number of esters is 1. The molecule has 138 valence electrons. The maximum atomic E-state index is 12.9. The fraction of sp³-hybridized carbons (Fsp3) is 0.200. The molecule has 3 rings (SSSR count). The molecule has 0 unspecified atom stereocenters. The molecule has 0 atom stereocenters. The van der Waals surface area contributed by atoms with Crippen molar-refractivity contribution in [1.29, 1.82) is 0 Å². The van der Waals surface area contributed by atoms with E-state index < -0.39 is 0 Å². The Balaban J connectivity index is 1.75. The maximum absolute atomic E-state index is 12.9. The number of benzene rings is 2. The number of amides is 1. The number of hydrogen-bond donors (Lipinski definition) is 1. The molecule has 1 N–H and O–H groups in total. The third kappa shape index (κ3) is 3.93. The van der Waals surface area contributed by atoms with Crippen LogP contribution in [0.15, 0.2) is 42.5 Å². The number of hydrogen-bond acceptors (Lipinski definition) is 6. The van der Waals surface area contributed by atoms with E-state index in [1.807, 2.05) is 0 Å². The van der Waals surface area contributed by atoms with Gasteiger partial charge in [0.25, 0.3) is 0 Å². The standard InChI is InChI=1S/C20H17NO5S/c1-26-17(23)9-10-27-11-16(22)21-15-8-4-7-14-18(15)20(25)13-6-3-2-5-12(13)19(14)24/h2-8H,9-11H2,1H3,(H,21,22). The minimum Gasteiger partial charge on any atom is -0.469 e. The van der Waals surface area contributed by atoms with Gasteiger partial charge in [-0.15, -0.1) is 0 Å². The Bertz CT molecular complexity index is 938. The monoisotopic (exact) mass is 383 g/mol. The van der Waals surface area contributed by atoms with Crippen molar-refractivity contribution in [2.75, 3.05) is 23.9 Å². The Morgan fingerprint density at radius 3 is 2.33 bits per heavy atom. The molecule has 7 heteroatoms. The zero-order valence-corrected chi connectivity index (χ0v) is 15.4. The first-order chi connectivity index (χ1) is 13.0. The third-order valence-corrected chi connectivity index (χ3v) is 5.10. The van der Waals surface area contributed by atoms with Gasteiger partial charge in [0.1, 0.15) is 0 Å². The topological polar surface area (TPSA) is 89.5 Å².